The van der Waals surface area contributed by atoms with Gasteiger partial charge in [0.05, 0.1) is 0 Å². The largest absolute Gasteiger partial charge is 0.456 e. The van der Waals surface area contributed by atoms with E-state index in [1.54, 1.807) is 0 Å². The van der Waals surface area contributed by atoms with Crippen LogP contribution in [0.3, 0.4) is 0 Å². The predicted octanol–water partition coefficient (Wildman–Crippen LogP) is 4.81. The highest BCUT2D eigenvalue weighted by molar-refractivity contribution is 5.87. The smallest absolute Gasteiger partial charge is 0.134 e. The fourth-order valence-electron chi connectivity index (χ4n) is 1.96. The van der Waals surface area contributed by atoms with Gasteiger partial charge in [-0.15, -0.1) is 0 Å². The first-order valence-electron chi connectivity index (χ1n) is 5.90. The highest BCUT2D eigenvalue weighted by Crippen LogP contribution is 2.25. The summed E-state index contributed by atoms with van der Waals surface area (Å²) in [6.07, 6.45) is 2.03. The number of rotatable bonds is 2. The van der Waals surface area contributed by atoms with Crippen molar-refractivity contribution in [3.63, 3.8) is 0 Å². The summed E-state index contributed by atoms with van der Waals surface area (Å²) in [4.78, 5) is 0. The monoisotopic (exact) mass is 233 g/mol. The number of furan rings is 1. The van der Waals surface area contributed by atoms with E-state index in [0.717, 1.165) is 27.9 Å². The Kier molecular flexibility index (Phi) is 2.73. The van der Waals surface area contributed by atoms with Gasteiger partial charge < -0.3 is 4.42 Å². The minimum absolute atomic E-state index is 0.819. The lowest BCUT2D eigenvalue weighted by molar-refractivity contribution is 0.601. The zero-order valence-electron chi connectivity index (χ0n) is 9.97. The molecule has 0 aliphatic carbocycles. The van der Waals surface area contributed by atoms with E-state index >= 15 is 0 Å². The van der Waals surface area contributed by atoms with Crippen molar-refractivity contribution in [2.75, 3.05) is 0 Å². The molecule has 0 N–H and O–H groups in total. The van der Waals surface area contributed by atoms with Gasteiger partial charge in [-0.3, -0.25) is 0 Å². The van der Waals surface area contributed by atoms with Gasteiger partial charge in [0.2, 0.25) is 0 Å². The second-order valence-electron chi connectivity index (χ2n) is 4.23. The van der Waals surface area contributed by atoms with Crippen molar-refractivity contribution < 1.29 is 4.42 Å². The van der Waals surface area contributed by atoms with E-state index in [0.29, 0.717) is 0 Å². The van der Waals surface area contributed by atoms with Gasteiger partial charge in [-0.1, -0.05) is 48.5 Å². The molecule has 0 unspecified atom stereocenters. The Bertz CT molecular complexity index is 657. The minimum atomic E-state index is 0.819. The molecule has 0 atom stereocenters. The van der Waals surface area contributed by atoms with Crippen LogP contribution in [0.5, 0.6) is 0 Å². The molecular formula is C17H13O. The molecule has 1 heterocycles. The molecule has 0 aliphatic heterocycles. The fraction of sp³-hybridized carbons (Fsp3) is 0. The topological polar surface area (TPSA) is 13.1 Å². The van der Waals surface area contributed by atoms with Crippen molar-refractivity contribution >= 4 is 22.6 Å². The van der Waals surface area contributed by atoms with Crippen molar-refractivity contribution in [3.8, 4) is 0 Å². The van der Waals surface area contributed by atoms with Gasteiger partial charge in [0.1, 0.15) is 11.3 Å². The summed E-state index contributed by atoms with van der Waals surface area (Å²) < 4.78 is 5.77. The molecule has 87 valence electrons. The summed E-state index contributed by atoms with van der Waals surface area (Å²) >= 11 is 0. The highest BCUT2D eigenvalue weighted by Gasteiger charge is 2.04. The molecule has 18 heavy (non-hydrogen) atoms. The lowest BCUT2D eigenvalue weighted by Crippen LogP contribution is -1.75. The molecule has 0 amide bonds. The standard InChI is InChI=1S/C17H13O/c1-13(11-14-7-3-2-4-8-14)17-12-15-9-5-6-10-16(15)18-17/h2-12H,1H2/b13-11+. The summed E-state index contributed by atoms with van der Waals surface area (Å²) in [5.41, 5.74) is 2.91. The summed E-state index contributed by atoms with van der Waals surface area (Å²) in [5.74, 6) is 0.819. The van der Waals surface area contributed by atoms with Crippen LogP contribution < -0.4 is 0 Å². The van der Waals surface area contributed by atoms with E-state index in [2.05, 4.69) is 6.92 Å². The molecule has 0 fully saturated rings. The number of allylic oxidation sites excluding steroid dienone is 1. The molecule has 1 aromatic heterocycles. The van der Waals surface area contributed by atoms with Crippen LogP contribution in [0, 0.1) is 6.92 Å². The van der Waals surface area contributed by atoms with E-state index in [4.69, 9.17) is 4.42 Å². The number of fused-ring (bicyclic) bond motifs is 1. The van der Waals surface area contributed by atoms with Crippen LogP contribution >= 0.6 is 0 Å². The minimum Gasteiger partial charge on any atom is -0.456 e. The molecular weight excluding hydrogens is 220 g/mol. The van der Waals surface area contributed by atoms with Crippen molar-refractivity contribution in [2.24, 2.45) is 0 Å². The number of hydrogen-bond acceptors (Lipinski definition) is 1. The Labute approximate surface area is 106 Å². The molecule has 0 spiro atoms. The van der Waals surface area contributed by atoms with Crippen LogP contribution in [-0.2, 0) is 0 Å². The molecule has 1 heteroatoms. The summed E-state index contributed by atoms with van der Waals surface area (Å²) in [7, 11) is 0. The summed E-state index contributed by atoms with van der Waals surface area (Å²) in [6, 6.07) is 20.1. The van der Waals surface area contributed by atoms with Gasteiger partial charge in [-0.25, -0.2) is 0 Å². The number of hydrogen-bond donors (Lipinski definition) is 0. The van der Waals surface area contributed by atoms with Crippen molar-refractivity contribution in [3.05, 3.63) is 78.9 Å². The summed E-state index contributed by atoms with van der Waals surface area (Å²) in [6.45, 7) is 4.07. The van der Waals surface area contributed by atoms with Crippen molar-refractivity contribution in [1.29, 1.82) is 0 Å². The Morgan fingerprint density at radius 1 is 0.944 bits per heavy atom. The second-order valence-corrected chi connectivity index (χ2v) is 4.23. The Morgan fingerprint density at radius 2 is 1.67 bits per heavy atom. The fourth-order valence-corrected chi connectivity index (χ4v) is 1.96. The Hall–Kier alpha value is -2.28. The van der Waals surface area contributed by atoms with Crippen molar-refractivity contribution in [2.45, 2.75) is 0 Å². The SMILES string of the molecule is [CH2]/C(=C\c1ccccc1)c1cc2ccccc2o1. The summed E-state index contributed by atoms with van der Waals surface area (Å²) in [5, 5.41) is 1.11. The van der Waals surface area contributed by atoms with Gasteiger partial charge >= 0.3 is 0 Å². The lowest BCUT2D eigenvalue weighted by atomic mass is 10.1. The highest BCUT2D eigenvalue weighted by atomic mass is 16.3. The molecule has 1 radical (unpaired) electrons. The van der Waals surface area contributed by atoms with Crippen molar-refractivity contribution in [1.82, 2.24) is 0 Å². The van der Waals surface area contributed by atoms with E-state index in [-0.39, 0.29) is 0 Å². The third kappa shape index (κ3) is 2.07. The molecule has 3 aromatic rings. The van der Waals surface area contributed by atoms with Gasteiger partial charge in [0, 0.05) is 5.39 Å². The van der Waals surface area contributed by atoms with Gasteiger partial charge in [0.15, 0.2) is 0 Å². The quantitative estimate of drug-likeness (QED) is 0.619. The number of benzene rings is 2. The maximum atomic E-state index is 5.77. The zero-order chi connectivity index (χ0) is 12.4. The molecule has 2 aromatic carbocycles. The Morgan fingerprint density at radius 3 is 2.44 bits per heavy atom. The van der Waals surface area contributed by atoms with E-state index in [1.807, 2.05) is 66.7 Å². The number of para-hydroxylation sites is 1. The van der Waals surface area contributed by atoms with Crippen LogP contribution in [0.25, 0.3) is 22.6 Å². The zero-order valence-corrected chi connectivity index (χ0v) is 9.97. The predicted molar refractivity (Wildman–Crippen MR) is 75.9 cm³/mol. The first kappa shape index (κ1) is 10.8. The van der Waals surface area contributed by atoms with Gasteiger partial charge in [-0.2, -0.15) is 0 Å². The van der Waals surface area contributed by atoms with E-state index < -0.39 is 0 Å². The third-order valence-electron chi connectivity index (χ3n) is 2.88. The van der Waals surface area contributed by atoms with Crippen LogP contribution in [0.2, 0.25) is 0 Å². The average molecular weight is 233 g/mol. The molecule has 0 bridgehead atoms. The maximum Gasteiger partial charge on any atom is 0.134 e. The molecule has 0 saturated heterocycles. The third-order valence-corrected chi connectivity index (χ3v) is 2.88. The van der Waals surface area contributed by atoms with E-state index in [1.165, 1.54) is 0 Å². The van der Waals surface area contributed by atoms with Crippen LogP contribution in [0.1, 0.15) is 11.3 Å². The first-order valence-corrected chi connectivity index (χ1v) is 5.90. The molecule has 3 rings (SSSR count). The van der Waals surface area contributed by atoms with E-state index in [9.17, 15) is 0 Å². The Balaban J connectivity index is 2.01. The van der Waals surface area contributed by atoms with Crippen LogP contribution in [0.4, 0.5) is 0 Å². The average Bonchev–Trinajstić information content (AvgIpc) is 2.84. The van der Waals surface area contributed by atoms with Gasteiger partial charge in [0.25, 0.3) is 0 Å². The lowest BCUT2D eigenvalue weighted by Gasteiger charge is -1.96. The molecule has 0 aliphatic rings. The maximum absolute atomic E-state index is 5.77. The normalized spacial score (nSPS) is 11.9. The van der Waals surface area contributed by atoms with Crippen LogP contribution in [-0.4, -0.2) is 0 Å². The molecule has 1 nitrogen and oxygen atoms in total. The van der Waals surface area contributed by atoms with Crippen LogP contribution in [0.15, 0.2) is 65.1 Å². The van der Waals surface area contributed by atoms with Gasteiger partial charge in [-0.05, 0) is 36.3 Å². The molecule has 0 saturated carbocycles. The second kappa shape index (κ2) is 4.53. The first-order chi connectivity index (χ1) is 8.83.